The first-order valence-electron chi connectivity index (χ1n) is 16.0. The van der Waals surface area contributed by atoms with Crippen molar-refractivity contribution < 1.29 is 77.0 Å². The third-order valence-electron chi connectivity index (χ3n) is 8.94. The van der Waals surface area contributed by atoms with Crippen molar-refractivity contribution in [3.8, 4) is 0 Å². The number of oxime groups is 1. The molecule has 2 heterocycles. The third-order valence-corrected chi connectivity index (χ3v) is 8.94. The molecule has 18 heteroatoms. The van der Waals surface area contributed by atoms with E-state index in [1.807, 2.05) is 0 Å². The maximum absolute atomic E-state index is 13.6. The molecule has 2 saturated carbocycles. The van der Waals surface area contributed by atoms with Gasteiger partial charge in [0.15, 0.2) is 12.2 Å². The summed E-state index contributed by atoms with van der Waals surface area (Å²) in [6.45, 7) is 5.44. The summed E-state index contributed by atoms with van der Waals surface area (Å²) >= 11 is 0. The number of hydrogen-bond donors (Lipinski definition) is 2. The van der Waals surface area contributed by atoms with Crippen LogP contribution in [0.3, 0.4) is 0 Å². The first-order valence-corrected chi connectivity index (χ1v) is 16.0. The monoisotopic (exact) mass is 698 g/mol. The second kappa shape index (κ2) is 16.0. The molecule has 2 aliphatic carbocycles. The fourth-order valence-electron chi connectivity index (χ4n) is 7.09. The molecule has 0 unspecified atom stereocenters. The van der Waals surface area contributed by atoms with Crippen LogP contribution in [-0.4, -0.2) is 125 Å². The van der Waals surface area contributed by atoms with Gasteiger partial charge in [0.05, 0.1) is 42.8 Å². The molecule has 18 nitrogen and oxygen atoms in total. The minimum atomic E-state index is -1.64. The van der Waals surface area contributed by atoms with Gasteiger partial charge in [0.2, 0.25) is 17.9 Å². The van der Waals surface area contributed by atoms with Gasteiger partial charge in [-0.05, 0) is 19.8 Å². The molecule has 0 aromatic heterocycles. The Balaban J connectivity index is 1.63. The van der Waals surface area contributed by atoms with Gasteiger partial charge >= 0.3 is 29.8 Å². The van der Waals surface area contributed by atoms with Crippen molar-refractivity contribution in [2.45, 2.75) is 103 Å². The van der Waals surface area contributed by atoms with E-state index in [9.17, 15) is 43.8 Å². The first-order chi connectivity index (χ1) is 23.1. The molecule has 0 spiro atoms. The highest BCUT2D eigenvalue weighted by Crippen LogP contribution is 2.49. The number of nitrogens with zero attached hydrogens (tertiary/aromatic N) is 2. The van der Waals surface area contributed by atoms with Gasteiger partial charge in [-0.2, -0.15) is 0 Å². The van der Waals surface area contributed by atoms with Gasteiger partial charge in [-0.3, -0.25) is 38.5 Å². The molecule has 49 heavy (non-hydrogen) atoms. The van der Waals surface area contributed by atoms with Crippen LogP contribution in [0.4, 0.5) is 0 Å². The van der Waals surface area contributed by atoms with E-state index in [-0.39, 0.29) is 44.5 Å². The summed E-state index contributed by atoms with van der Waals surface area (Å²) in [4.78, 5) is 93.4. The minimum Gasteiger partial charge on any atom is -0.466 e. The largest absolute Gasteiger partial charge is 0.466 e. The Kier molecular flexibility index (Phi) is 12.3. The summed E-state index contributed by atoms with van der Waals surface area (Å²) in [5, 5.41) is 26.2. The molecule has 2 saturated heterocycles. The smallest absolute Gasteiger partial charge is 0.307 e. The van der Waals surface area contributed by atoms with E-state index in [1.165, 1.54) is 0 Å². The van der Waals surface area contributed by atoms with Crippen LogP contribution in [0.25, 0.3) is 0 Å². The van der Waals surface area contributed by atoms with Crippen LogP contribution in [0.15, 0.2) is 5.16 Å². The molecule has 0 radical (unpaired) electrons. The minimum absolute atomic E-state index is 0.140. The number of likely N-dealkylation sites (tertiary alicyclic amines) is 1. The fraction of sp³-hybridized carbons (Fsp3) is 0.742. The number of imide groups is 1. The van der Waals surface area contributed by atoms with Crippen molar-refractivity contribution in [2.75, 3.05) is 19.8 Å². The molecular weight excluding hydrogens is 656 g/mol. The lowest BCUT2D eigenvalue weighted by Gasteiger charge is -2.46. The fourth-order valence-corrected chi connectivity index (χ4v) is 7.09. The Labute approximate surface area is 281 Å². The maximum atomic E-state index is 13.6. The quantitative estimate of drug-likeness (QED) is 0.116. The Morgan fingerprint density at radius 1 is 0.837 bits per heavy atom. The van der Waals surface area contributed by atoms with Crippen LogP contribution in [-0.2, 0) is 66.8 Å². The van der Waals surface area contributed by atoms with E-state index in [1.54, 1.807) is 6.92 Å². The Morgan fingerprint density at radius 3 is 2.06 bits per heavy atom. The average molecular weight is 699 g/mol. The molecule has 0 aromatic rings. The Hall–Kier alpha value is -4.16. The summed E-state index contributed by atoms with van der Waals surface area (Å²) in [6.07, 6.45) is -10.1. The molecule has 0 bridgehead atoms. The lowest BCUT2D eigenvalue weighted by Crippen LogP contribution is -2.62. The van der Waals surface area contributed by atoms with Crippen LogP contribution >= 0.6 is 0 Å². The number of rotatable bonds is 11. The standard InChI is InChI=1S/C31H42N2O16/c1-6-43-22(39)9-10-33-29(41)18-8-7-17-19(11-20(38)25(40)23(17)24(18)30(33)42)32-49-31-28(47-16(5)37)27(46-15(4)36)26(45-14(3)35)21(48-31)12-44-13(2)34/h17-18,20-21,23-28,31,38,40H,6-12H2,1-5H3/b32-19+/t17-,18+,20+,21+,23-,24+,25+,26+,27-,28+,31-/m0/s1. The second-order valence-electron chi connectivity index (χ2n) is 12.3. The number of fused-ring (bicyclic) bond motifs is 3. The van der Waals surface area contributed by atoms with Crippen molar-refractivity contribution in [3.63, 3.8) is 0 Å². The molecule has 272 valence electrons. The van der Waals surface area contributed by atoms with Gasteiger partial charge in [-0.25, -0.2) is 0 Å². The number of ether oxygens (including phenoxy) is 6. The van der Waals surface area contributed by atoms with Crippen molar-refractivity contribution in [1.29, 1.82) is 0 Å². The van der Waals surface area contributed by atoms with Crippen molar-refractivity contribution >= 4 is 47.4 Å². The molecule has 4 fully saturated rings. The molecule has 2 amide bonds. The van der Waals surface area contributed by atoms with Gasteiger partial charge in [0.1, 0.15) is 12.7 Å². The molecule has 4 aliphatic rings. The topological polar surface area (TPSA) is 240 Å². The summed E-state index contributed by atoms with van der Waals surface area (Å²) in [5.74, 6) is -8.20. The highest BCUT2D eigenvalue weighted by Gasteiger charge is 2.60. The lowest BCUT2D eigenvalue weighted by atomic mass is 9.60. The number of aliphatic hydroxyl groups is 2. The Bertz CT molecular complexity index is 1350. The molecule has 2 aliphatic heterocycles. The van der Waals surface area contributed by atoms with Crippen LogP contribution in [0.2, 0.25) is 0 Å². The normalized spacial score (nSPS) is 34.7. The summed E-state index contributed by atoms with van der Waals surface area (Å²) in [6, 6.07) is 0. The number of esters is 5. The average Bonchev–Trinajstić information content (AvgIpc) is 3.26. The zero-order chi connectivity index (χ0) is 36.2. The van der Waals surface area contributed by atoms with Crippen LogP contribution in [0.1, 0.15) is 60.3 Å². The van der Waals surface area contributed by atoms with Crippen molar-refractivity contribution in [2.24, 2.45) is 28.8 Å². The zero-order valence-corrected chi connectivity index (χ0v) is 27.8. The molecule has 4 rings (SSSR count). The van der Waals surface area contributed by atoms with E-state index in [2.05, 4.69) is 5.16 Å². The predicted molar refractivity (Wildman–Crippen MR) is 158 cm³/mol. The van der Waals surface area contributed by atoms with Gasteiger partial charge in [0.25, 0.3) is 6.29 Å². The van der Waals surface area contributed by atoms with Crippen molar-refractivity contribution in [3.05, 3.63) is 0 Å². The summed E-state index contributed by atoms with van der Waals surface area (Å²) < 4.78 is 32.0. The third kappa shape index (κ3) is 8.53. The van der Waals surface area contributed by atoms with E-state index in [0.29, 0.717) is 0 Å². The first kappa shape index (κ1) is 37.7. The SMILES string of the molecule is CCOC(=O)CCN1C(=O)[C@H]2[C@H]3[C@H](O)[C@H](O)C/C(=N\O[C@@H]4O[C@H](COC(C)=O)[C@@H](OC(C)=O)[C@H](OC(C)=O)[C@H]4OC(C)=O)[C@@H]3CC[C@H]2C1=O. The van der Waals surface area contributed by atoms with Crippen LogP contribution in [0, 0.1) is 23.7 Å². The Morgan fingerprint density at radius 2 is 1.45 bits per heavy atom. The summed E-state index contributed by atoms with van der Waals surface area (Å²) in [5.41, 5.74) is 0.208. The highest BCUT2D eigenvalue weighted by atomic mass is 16.8. The number of carbonyl (C=O) groups excluding carboxylic acids is 7. The van der Waals surface area contributed by atoms with E-state index < -0.39 is 115 Å². The number of amides is 2. The molecule has 11 atom stereocenters. The molecular formula is C31H42N2O16. The van der Waals surface area contributed by atoms with Gasteiger partial charge < -0.3 is 43.5 Å². The predicted octanol–water partition coefficient (Wildman–Crippen LogP) is -0.852. The van der Waals surface area contributed by atoms with Crippen molar-refractivity contribution in [1.82, 2.24) is 4.90 Å². The maximum Gasteiger partial charge on any atom is 0.307 e. The molecule has 2 N–H and O–H groups in total. The van der Waals surface area contributed by atoms with Gasteiger partial charge in [0, 0.05) is 52.5 Å². The summed E-state index contributed by atoms with van der Waals surface area (Å²) in [7, 11) is 0. The van der Waals surface area contributed by atoms with E-state index in [4.69, 9.17) is 33.3 Å². The van der Waals surface area contributed by atoms with Gasteiger partial charge in [-0.1, -0.05) is 5.16 Å². The van der Waals surface area contributed by atoms with Crippen LogP contribution in [0.5, 0.6) is 0 Å². The molecule has 0 aromatic carbocycles. The highest BCUT2D eigenvalue weighted by molar-refractivity contribution is 6.06. The van der Waals surface area contributed by atoms with E-state index >= 15 is 0 Å². The zero-order valence-electron chi connectivity index (χ0n) is 27.8. The van der Waals surface area contributed by atoms with Crippen LogP contribution < -0.4 is 0 Å². The number of carbonyl (C=O) groups is 7. The number of hydrogen-bond acceptors (Lipinski definition) is 17. The lowest BCUT2D eigenvalue weighted by molar-refractivity contribution is -0.308. The number of aliphatic hydroxyl groups excluding tert-OH is 2. The van der Waals surface area contributed by atoms with E-state index in [0.717, 1.165) is 32.6 Å². The van der Waals surface area contributed by atoms with Gasteiger partial charge in [-0.15, -0.1) is 0 Å². The second-order valence-corrected chi connectivity index (χ2v) is 12.3.